The van der Waals surface area contributed by atoms with E-state index in [0.29, 0.717) is 18.9 Å². The molecule has 3 heteroatoms. The molecule has 2 aliphatic rings. The van der Waals surface area contributed by atoms with E-state index in [0.717, 1.165) is 12.5 Å². The lowest BCUT2D eigenvalue weighted by molar-refractivity contribution is -0.0752. The Morgan fingerprint density at radius 3 is 2.88 bits per heavy atom. The Bertz CT molecular complexity index is 224. The number of halogens is 1. The maximum Gasteiger partial charge on any atom is 0.124 e. The van der Waals surface area contributed by atoms with E-state index in [4.69, 9.17) is 4.74 Å². The van der Waals surface area contributed by atoms with Crippen LogP contribution in [-0.2, 0) is 4.74 Å². The van der Waals surface area contributed by atoms with E-state index in [1.807, 2.05) is 0 Å². The molecule has 0 amide bonds. The van der Waals surface area contributed by atoms with Crippen LogP contribution in [-0.4, -0.2) is 43.4 Å². The number of alkyl halides is 1. The summed E-state index contributed by atoms with van der Waals surface area (Å²) < 4.78 is 18.7. The van der Waals surface area contributed by atoms with Gasteiger partial charge in [0.25, 0.3) is 0 Å². The Balaban J connectivity index is 1.80. The van der Waals surface area contributed by atoms with Crippen LogP contribution in [0, 0.1) is 11.8 Å². The van der Waals surface area contributed by atoms with Gasteiger partial charge in [0.15, 0.2) is 0 Å². The van der Waals surface area contributed by atoms with E-state index in [1.165, 1.54) is 25.9 Å². The number of hydrogen-bond acceptors (Lipinski definition) is 2. The molecule has 0 unspecified atom stereocenters. The number of rotatable bonds is 2. The summed E-state index contributed by atoms with van der Waals surface area (Å²) in [4.78, 5) is 2.49. The van der Waals surface area contributed by atoms with Crippen LogP contribution in [0.15, 0.2) is 0 Å². The summed E-state index contributed by atoms with van der Waals surface area (Å²) in [6, 6.07) is 0. The highest BCUT2D eigenvalue weighted by Crippen LogP contribution is 2.25. The summed E-state index contributed by atoms with van der Waals surface area (Å²) in [5, 5.41) is 0. The number of piperidine rings is 1. The zero-order valence-electron chi connectivity index (χ0n) is 10.5. The van der Waals surface area contributed by atoms with Gasteiger partial charge in [-0.3, -0.25) is 0 Å². The van der Waals surface area contributed by atoms with Crippen molar-refractivity contribution < 1.29 is 9.13 Å². The molecule has 0 radical (unpaired) electrons. The minimum Gasteiger partial charge on any atom is -0.374 e. The van der Waals surface area contributed by atoms with Gasteiger partial charge in [0.2, 0.25) is 0 Å². The first-order valence-electron chi connectivity index (χ1n) is 6.63. The highest BCUT2D eigenvalue weighted by atomic mass is 19.1. The van der Waals surface area contributed by atoms with Gasteiger partial charge < -0.3 is 9.64 Å². The quantitative estimate of drug-likeness (QED) is 0.721. The van der Waals surface area contributed by atoms with Crippen molar-refractivity contribution in [3.63, 3.8) is 0 Å². The van der Waals surface area contributed by atoms with Gasteiger partial charge in [-0.25, -0.2) is 4.39 Å². The van der Waals surface area contributed by atoms with Gasteiger partial charge >= 0.3 is 0 Å². The standard InChI is InChI=1S/C13H24FNO/c1-10-4-3-5-15(7-10)8-13-11(2)6-12(14)9-16-13/h10-13H,3-9H2,1-2H3/t10-,11+,12+,13+/m0/s1. The molecule has 0 bridgehead atoms. The van der Waals surface area contributed by atoms with Crippen molar-refractivity contribution in [1.82, 2.24) is 4.90 Å². The van der Waals surface area contributed by atoms with Crippen LogP contribution < -0.4 is 0 Å². The van der Waals surface area contributed by atoms with Gasteiger partial charge in [0.1, 0.15) is 6.17 Å². The van der Waals surface area contributed by atoms with E-state index in [-0.39, 0.29) is 6.10 Å². The van der Waals surface area contributed by atoms with E-state index >= 15 is 0 Å². The second-order valence-corrected chi connectivity index (χ2v) is 5.69. The summed E-state index contributed by atoms with van der Waals surface area (Å²) >= 11 is 0. The molecule has 0 saturated carbocycles. The average molecular weight is 229 g/mol. The molecule has 94 valence electrons. The molecule has 0 aromatic carbocycles. The average Bonchev–Trinajstić information content (AvgIpc) is 2.22. The molecule has 4 atom stereocenters. The minimum absolute atomic E-state index is 0.247. The lowest BCUT2D eigenvalue weighted by atomic mass is 9.93. The van der Waals surface area contributed by atoms with Crippen LogP contribution in [0.4, 0.5) is 4.39 Å². The zero-order chi connectivity index (χ0) is 11.5. The third kappa shape index (κ3) is 3.17. The van der Waals surface area contributed by atoms with Crippen molar-refractivity contribution in [3.05, 3.63) is 0 Å². The van der Waals surface area contributed by atoms with Crippen molar-refractivity contribution in [1.29, 1.82) is 0 Å². The first-order valence-corrected chi connectivity index (χ1v) is 6.63. The smallest absolute Gasteiger partial charge is 0.124 e. The molecule has 2 aliphatic heterocycles. The number of ether oxygens (including phenoxy) is 1. The van der Waals surface area contributed by atoms with Gasteiger partial charge in [-0.15, -0.1) is 0 Å². The fourth-order valence-corrected chi connectivity index (χ4v) is 2.96. The van der Waals surface area contributed by atoms with Gasteiger partial charge in [0.05, 0.1) is 12.7 Å². The normalized spacial score (nSPS) is 42.2. The molecule has 0 N–H and O–H groups in total. The SMILES string of the molecule is C[C@H]1CCCN(C[C@H]2OC[C@H](F)C[C@H]2C)C1. The molecule has 0 aliphatic carbocycles. The molecule has 2 rings (SSSR count). The third-order valence-electron chi connectivity index (χ3n) is 3.93. The molecule has 16 heavy (non-hydrogen) atoms. The lowest BCUT2D eigenvalue weighted by Crippen LogP contribution is -2.45. The highest BCUT2D eigenvalue weighted by Gasteiger charge is 2.30. The van der Waals surface area contributed by atoms with Crippen LogP contribution in [0.1, 0.15) is 33.1 Å². The minimum atomic E-state index is -0.744. The molecule has 0 spiro atoms. The van der Waals surface area contributed by atoms with Crippen LogP contribution >= 0.6 is 0 Å². The fraction of sp³-hybridized carbons (Fsp3) is 1.00. The van der Waals surface area contributed by atoms with Gasteiger partial charge in [-0.2, -0.15) is 0 Å². The molecule has 2 fully saturated rings. The van der Waals surface area contributed by atoms with Crippen LogP contribution in [0.2, 0.25) is 0 Å². The molecule has 0 aromatic rings. The zero-order valence-corrected chi connectivity index (χ0v) is 10.5. The number of hydrogen-bond donors (Lipinski definition) is 0. The summed E-state index contributed by atoms with van der Waals surface area (Å²) in [6.07, 6.45) is 2.83. The predicted octanol–water partition coefficient (Wildman–Crippen LogP) is 2.48. The topological polar surface area (TPSA) is 12.5 Å². The Hall–Kier alpha value is -0.150. The Kier molecular flexibility index (Phi) is 4.20. The van der Waals surface area contributed by atoms with E-state index in [9.17, 15) is 4.39 Å². The molecule has 2 heterocycles. The van der Waals surface area contributed by atoms with Crippen molar-refractivity contribution in [3.8, 4) is 0 Å². The number of nitrogens with zero attached hydrogens (tertiary/aromatic N) is 1. The van der Waals surface area contributed by atoms with Crippen LogP contribution in [0.5, 0.6) is 0 Å². The predicted molar refractivity (Wildman–Crippen MR) is 63.3 cm³/mol. The van der Waals surface area contributed by atoms with Crippen molar-refractivity contribution >= 4 is 0 Å². The van der Waals surface area contributed by atoms with E-state index in [2.05, 4.69) is 18.7 Å². The molecule has 0 aromatic heterocycles. The molecular formula is C13H24FNO. The first kappa shape index (κ1) is 12.3. The Labute approximate surface area is 98.1 Å². The van der Waals surface area contributed by atoms with E-state index in [1.54, 1.807) is 0 Å². The summed E-state index contributed by atoms with van der Waals surface area (Å²) in [6.45, 7) is 8.11. The van der Waals surface area contributed by atoms with Gasteiger partial charge in [-0.05, 0) is 37.6 Å². The van der Waals surface area contributed by atoms with Crippen molar-refractivity contribution in [2.75, 3.05) is 26.2 Å². The monoisotopic (exact) mass is 229 g/mol. The first-order chi connectivity index (χ1) is 7.65. The largest absolute Gasteiger partial charge is 0.374 e. The van der Waals surface area contributed by atoms with E-state index < -0.39 is 6.17 Å². The fourth-order valence-electron chi connectivity index (χ4n) is 2.96. The number of likely N-dealkylation sites (tertiary alicyclic amines) is 1. The lowest BCUT2D eigenvalue weighted by Gasteiger charge is -2.38. The van der Waals surface area contributed by atoms with Crippen LogP contribution in [0.25, 0.3) is 0 Å². The molecule has 2 saturated heterocycles. The Morgan fingerprint density at radius 2 is 2.19 bits per heavy atom. The summed E-state index contributed by atoms with van der Waals surface area (Å²) in [5.41, 5.74) is 0. The Morgan fingerprint density at radius 1 is 1.38 bits per heavy atom. The maximum atomic E-state index is 13.1. The van der Waals surface area contributed by atoms with Crippen LogP contribution in [0.3, 0.4) is 0 Å². The molecular weight excluding hydrogens is 205 g/mol. The third-order valence-corrected chi connectivity index (χ3v) is 3.93. The van der Waals surface area contributed by atoms with Gasteiger partial charge in [0, 0.05) is 13.1 Å². The van der Waals surface area contributed by atoms with Gasteiger partial charge in [-0.1, -0.05) is 13.8 Å². The van der Waals surface area contributed by atoms with Crippen molar-refractivity contribution in [2.45, 2.75) is 45.4 Å². The maximum absolute atomic E-state index is 13.1. The summed E-state index contributed by atoms with van der Waals surface area (Å²) in [7, 11) is 0. The van der Waals surface area contributed by atoms with Crippen molar-refractivity contribution in [2.24, 2.45) is 11.8 Å². The molecule has 2 nitrogen and oxygen atoms in total. The second-order valence-electron chi connectivity index (χ2n) is 5.69. The highest BCUT2D eigenvalue weighted by molar-refractivity contribution is 4.80. The second kappa shape index (κ2) is 5.46. The summed E-state index contributed by atoms with van der Waals surface area (Å²) in [5.74, 6) is 1.17.